The lowest BCUT2D eigenvalue weighted by Gasteiger charge is -2.43. The van der Waals surface area contributed by atoms with Crippen molar-refractivity contribution in [2.75, 3.05) is 26.2 Å². The van der Waals surface area contributed by atoms with E-state index in [0.29, 0.717) is 6.61 Å². The van der Waals surface area contributed by atoms with Crippen LogP contribution in [0, 0.1) is 0 Å². The van der Waals surface area contributed by atoms with Crippen molar-refractivity contribution < 1.29 is 9.53 Å². The molecule has 3 aliphatic rings. The minimum atomic E-state index is 0.185. The zero-order chi connectivity index (χ0) is 17.1. The lowest BCUT2D eigenvalue weighted by Crippen LogP contribution is -2.54. The molecule has 2 heterocycles. The van der Waals surface area contributed by atoms with Crippen LogP contribution in [0.15, 0.2) is 24.3 Å². The molecule has 1 amide bonds. The Kier molecular flexibility index (Phi) is 5.37. The van der Waals surface area contributed by atoms with Crippen molar-refractivity contribution in [3.05, 3.63) is 35.4 Å². The van der Waals surface area contributed by atoms with Gasteiger partial charge in [0.2, 0.25) is 0 Å². The number of likely N-dealkylation sites (tertiary alicyclic amines) is 1. The fourth-order valence-corrected chi connectivity index (χ4v) is 4.64. The van der Waals surface area contributed by atoms with E-state index in [0.717, 1.165) is 31.5 Å². The fourth-order valence-electron chi connectivity index (χ4n) is 4.64. The van der Waals surface area contributed by atoms with E-state index in [2.05, 4.69) is 21.9 Å². The summed E-state index contributed by atoms with van der Waals surface area (Å²) in [6.07, 6.45) is 8.88. The summed E-state index contributed by atoms with van der Waals surface area (Å²) >= 11 is 0. The molecule has 4 rings (SSSR count). The van der Waals surface area contributed by atoms with Crippen LogP contribution >= 0.6 is 0 Å². The number of hydrogen-bond acceptors (Lipinski definition) is 3. The standard InChI is InChI=1S/C21H30N2O2/c24-21(23-14-15-25-20-7-3-2-6-19(20)23)18-10-8-17(9-11-18)16-22-12-4-1-5-13-22/h8-11,19-20H,1-7,12-16H2/t19-,20-/m1/s1. The van der Waals surface area contributed by atoms with Crippen LogP contribution in [0.1, 0.15) is 60.9 Å². The first-order valence-electron chi connectivity index (χ1n) is 10.0. The third-order valence-electron chi connectivity index (χ3n) is 6.05. The molecular formula is C21H30N2O2. The van der Waals surface area contributed by atoms with Gasteiger partial charge < -0.3 is 9.64 Å². The molecule has 1 aromatic carbocycles. The SMILES string of the molecule is O=C(c1ccc(CN2CCCCC2)cc1)N1CCO[C@@H]2CCCC[C@H]21. The molecule has 1 aromatic rings. The molecule has 2 atom stereocenters. The second-order valence-corrected chi connectivity index (χ2v) is 7.79. The van der Waals surface area contributed by atoms with Crippen molar-refractivity contribution in [3.8, 4) is 0 Å². The molecule has 25 heavy (non-hydrogen) atoms. The maximum absolute atomic E-state index is 13.0. The topological polar surface area (TPSA) is 32.8 Å². The van der Waals surface area contributed by atoms with Crippen LogP contribution < -0.4 is 0 Å². The number of hydrogen-bond donors (Lipinski definition) is 0. The number of piperidine rings is 1. The number of rotatable bonds is 3. The van der Waals surface area contributed by atoms with Gasteiger partial charge in [0.1, 0.15) is 0 Å². The van der Waals surface area contributed by atoms with E-state index in [1.54, 1.807) is 0 Å². The normalized spacial score (nSPS) is 27.8. The Morgan fingerprint density at radius 2 is 1.72 bits per heavy atom. The summed E-state index contributed by atoms with van der Waals surface area (Å²) in [5.74, 6) is 0.185. The van der Waals surface area contributed by atoms with E-state index in [1.165, 1.54) is 50.8 Å². The molecule has 4 heteroatoms. The summed E-state index contributed by atoms with van der Waals surface area (Å²) in [6, 6.07) is 8.61. The van der Waals surface area contributed by atoms with Gasteiger partial charge in [0.25, 0.3) is 5.91 Å². The van der Waals surface area contributed by atoms with Crippen molar-refractivity contribution in [2.24, 2.45) is 0 Å². The Bertz CT molecular complexity index is 578. The van der Waals surface area contributed by atoms with Crippen LogP contribution in [-0.4, -0.2) is 54.1 Å². The van der Waals surface area contributed by atoms with Gasteiger partial charge in [-0.3, -0.25) is 9.69 Å². The number of nitrogens with zero attached hydrogens (tertiary/aromatic N) is 2. The number of carbonyl (C=O) groups is 1. The highest BCUT2D eigenvalue weighted by Gasteiger charge is 2.36. The van der Waals surface area contributed by atoms with Gasteiger partial charge in [-0.2, -0.15) is 0 Å². The number of amides is 1. The first-order valence-corrected chi connectivity index (χ1v) is 10.0. The summed E-state index contributed by atoms with van der Waals surface area (Å²) in [4.78, 5) is 17.6. The van der Waals surface area contributed by atoms with Gasteiger partial charge in [-0.05, 0) is 56.5 Å². The van der Waals surface area contributed by atoms with Crippen molar-refractivity contribution in [1.82, 2.24) is 9.80 Å². The number of ether oxygens (including phenoxy) is 1. The third-order valence-corrected chi connectivity index (χ3v) is 6.05. The summed E-state index contributed by atoms with van der Waals surface area (Å²) in [6.45, 7) is 4.83. The summed E-state index contributed by atoms with van der Waals surface area (Å²) in [5.41, 5.74) is 2.14. The molecule has 2 saturated heterocycles. The number of fused-ring (bicyclic) bond motifs is 1. The maximum Gasteiger partial charge on any atom is 0.254 e. The van der Waals surface area contributed by atoms with Crippen LogP contribution in [0.2, 0.25) is 0 Å². The number of benzene rings is 1. The largest absolute Gasteiger partial charge is 0.374 e. The average molecular weight is 342 g/mol. The Morgan fingerprint density at radius 1 is 0.960 bits per heavy atom. The highest BCUT2D eigenvalue weighted by Crippen LogP contribution is 2.29. The van der Waals surface area contributed by atoms with Gasteiger partial charge in [-0.15, -0.1) is 0 Å². The molecule has 2 aliphatic heterocycles. The second-order valence-electron chi connectivity index (χ2n) is 7.79. The third kappa shape index (κ3) is 3.90. The summed E-state index contributed by atoms with van der Waals surface area (Å²) in [7, 11) is 0. The van der Waals surface area contributed by atoms with Gasteiger partial charge in [0.15, 0.2) is 0 Å². The Labute approximate surface area is 151 Å². The van der Waals surface area contributed by atoms with Crippen molar-refractivity contribution in [3.63, 3.8) is 0 Å². The molecule has 0 bridgehead atoms. The molecule has 1 aliphatic carbocycles. The molecule has 136 valence electrons. The predicted molar refractivity (Wildman–Crippen MR) is 98.6 cm³/mol. The van der Waals surface area contributed by atoms with Crippen LogP contribution in [-0.2, 0) is 11.3 Å². The average Bonchev–Trinajstić information content (AvgIpc) is 2.68. The van der Waals surface area contributed by atoms with Gasteiger partial charge >= 0.3 is 0 Å². The van der Waals surface area contributed by atoms with Gasteiger partial charge in [-0.1, -0.05) is 31.4 Å². The van der Waals surface area contributed by atoms with E-state index in [1.807, 2.05) is 12.1 Å². The van der Waals surface area contributed by atoms with E-state index < -0.39 is 0 Å². The van der Waals surface area contributed by atoms with E-state index in [-0.39, 0.29) is 18.1 Å². The lowest BCUT2D eigenvalue weighted by atomic mass is 9.89. The fraction of sp³-hybridized carbons (Fsp3) is 0.667. The highest BCUT2D eigenvalue weighted by molar-refractivity contribution is 5.94. The molecule has 0 unspecified atom stereocenters. The molecule has 0 aromatic heterocycles. The minimum Gasteiger partial charge on any atom is -0.374 e. The summed E-state index contributed by atoms with van der Waals surface area (Å²) in [5, 5.41) is 0. The maximum atomic E-state index is 13.0. The van der Waals surface area contributed by atoms with Crippen molar-refractivity contribution >= 4 is 5.91 Å². The Balaban J connectivity index is 1.41. The van der Waals surface area contributed by atoms with E-state index in [9.17, 15) is 4.79 Å². The molecule has 3 fully saturated rings. The van der Waals surface area contributed by atoms with Crippen LogP contribution in [0.4, 0.5) is 0 Å². The van der Waals surface area contributed by atoms with E-state index >= 15 is 0 Å². The van der Waals surface area contributed by atoms with E-state index in [4.69, 9.17) is 4.74 Å². The minimum absolute atomic E-state index is 0.185. The Morgan fingerprint density at radius 3 is 2.52 bits per heavy atom. The smallest absolute Gasteiger partial charge is 0.254 e. The number of carbonyl (C=O) groups excluding carboxylic acids is 1. The first kappa shape index (κ1) is 17.0. The zero-order valence-corrected chi connectivity index (χ0v) is 15.2. The quantitative estimate of drug-likeness (QED) is 0.843. The second kappa shape index (κ2) is 7.88. The van der Waals surface area contributed by atoms with Crippen molar-refractivity contribution in [1.29, 1.82) is 0 Å². The molecule has 0 N–H and O–H groups in total. The van der Waals surface area contributed by atoms with Crippen LogP contribution in [0.25, 0.3) is 0 Å². The van der Waals surface area contributed by atoms with Gasteiger partial charge in [0.05, 0.1) is 18.8 Å². The lowest BCUT2D eigenvalue weighted by molar-refractivity contribution is -0.0752. The molecule has 1 saturated carbocycles. The molecular weight excluding hydrogens is 312 g/mol. The Hall–Kier alpha value is -1.39. The van der Waals surface area contributed by atoms with Crippen molar-refractivity contribution in [2.45, 2.75) is 63.6 Å². The molecule has 0 radical (unpaired) electrons. The predicted octanol–water partition coefficient (Wildman–Crippen LogP) is 3.46. The van der Waals surface area contributed by atoms with Crippen LogP contribution in [0.3, 0.4) is 0 Å². The summed E-state index contributed by atoms with van der Waals surface area (Å²) < 4.78 is 5.90. The van der Waals surface area contributed by atoms with Crippen LogP contribution in [0.5, 0.6) is 0 Å². The molecule has 0 spiro atoms. The van der Waals surface area contributed by atoms with Gasteiger partial charge in [0, 0.05) is 18.7 Å². The number of morpholine rings is 1. The highest BCUT2D eigenvalue weighted by atomic mass is 16.5. The monoisotopic (exact) mass is 342 g/mol. The zero-order valence-electron chi connectivity index (χ0n) is 15.2. The molecule has 4 nitrogen and oxygen atoms in total. The van der Waals surface area contributed by atoms with Gasteiger partial charge in [-0.25, -0.2) is 0 Å². The first-order chi connectivity index (χ1) is 12.3.